The van der Waals surface area contributed by atoms with E-state index in [1.54, 1.807) is 7.11 Å². The van der Waals surface area contributed by atoms with Crippen molar-refractivity contribution in [2.45, 2.75) is 25.3 Å². The Morgan fingerprint density at radius 3 is 2.54 bits per heavy atom. The fraction of sp³-hybridized carbons (Fsp3) is 0.400. The maximum absolute atomic E-state index is 5.54. The highest BCUT2D eigenvalue weighted by molar-refractivity contribution is 5.46. The number of hydrogen-bond acceptors (Lipinski definition) is 4. The fourth-order valence-corrected chi connectivity index (χ4v) is 3.83. The van der Waals surface area contributed by atoms with Crippen molar-refractivity contribution in [2.24, 2.45) is 0 Å². The normalized spacial score (nSPS) is 22.8. The van der Waals surface area contributed by atoms with Gasteiger partial charge in [0, 0.05) is 12.6 Å². The zero-order valence-corrected chi connectivity index (χ0v) is 14.2. The highest BCUT2D eigenvalue weighted by atomic mass is 16.7. The van der Waals surface area contributed by atoms with E-state index in [0.717, 1.165) is 36.8 Å². The number of methoxy groups -OCH3 is 1. The molecule has 0 aromatic heterocycles. The molecule has 0 N–H and O–H groups in total. The van der Waals surface area contributed by atoms with Gasteiger partial charge in [-0.05, 0) is 54.3 Å². The Morgan fingerprint density at radius 2 is 1.79 bits per heavy atom. The summed E-state index contributed by atoms with van der Waals surface area (Å²) in [5.41, 5.74) is 2.70. The Hall–Kier alpha value is -2.20. The van der Waals surface area contributed by atoms with Crippen LogP contribution in [-0.2, 0) is 0 Å². The van der Waals surface area contributed by atoms with E-state index in [0.29, 0.717) is 18.8 Å². The third-order valence-electron chi connectivity index (χ3n) is 5.18. The maximum Gasteiger partial charge on any atom is 0.231 e. The molecule has 1 saturated heterocycles. The summed E-state index contributed by atoms with van der Waals surface area (Å²) in [6.45, 7) is 4.70. The monoisotopic (exact) mass is 325 g/mol. The summed E-state index contributed by atoms with van der Waals surface area (Å²) in [4.78, 5) is 2.55. The van der Waals surface area contributed by atoms with E-state index in [2.05, 4.69) is 48.2 Å². The highest BCUT2D eigenvalue weighted by Gasteiger charge is 2.33. The minimum absolute atomic E-state index is 0.332. The minimum atomic E-state index is 0.332. The largest absolute Gasteiger partial charge is 0.497 e. The molecule has 2 atom stereocenters. The first kappa shape index (κ1) is 15.3. The molecule has 2 heterocycles. The second kappa shape index (κ2) is 6.36. The summed E-state index contributed by atoms with van der Waals surface area (Å²) in [6, 6.07) is 15.3. The number of likely N-dealkylation sites (N-methyl/N-ethyl adjacent to an activating group) is 1. The molecule has 24 heavy (non-hydrogen) atoms. The van der Waals surface area contributed by atoms with Crippen LogP contribution < -0.4 is 14.2 Å². The van der Waals surface area contributed by atoms with Gasteiger partial charge in [0.25, 0.3) is 0 Å². The molecule has 4 nitrogen and oxygen atoms in total. The van der Waals surface area contributed by atoms with Crippen LogP contribution in [0.4, 0.5) is 0 Å². The van der Waals surface area contributed by atoms with Crippen LogP contribution in [0.2, 0.25) is 0 Å². The van der Waals surface area contributed by atoms with E-state index in [9.17, 15) is 0 Å². The van der Waals surface area contributed by atoms with E-state index in [1.165, 1.54) is 11.1 Å². The average Bonchev–Trinajstić information content (AvgIpc) is 3.27. The number of ether oxygens (including phenoxy) is 3. The summed E-state index contributed by atoms with van der Waals surface area (Å²) >= 11 is 0. The van der Waals surface area contributed by atoms with Crippen LogP contribution in [0, 0.1) is 0 Å². The van der Waals surface area contributed by atoms with Crippen molar-refractivity contribution in [1.29, 1.82) is 0 Å². The number of benzene rings is 2. The molecule has 0 aliphatic carbocycles. The Labute approximate surface area is 142 Å². The summed E-state index contributed by atoms with van der Waals surface area (Å²) in [6.07, 6.45) is 1.12. The Balaban J connectivity index is 1.56. The minimum Gasteiger partial charge on any atom is -0.497 e. The van der Waals surface area contributed by atoms with Gasteiger partial charge in [-0.25, -0.2) is 0 Å². The van der Waals surface area contributed by atoms with Gasteiger partial charge < -0.3 is 14.2 Å². The summed E-state index contributed by atoms with van der Waals surface area (Å²) < 4.78 is 16.2. The topological polar surface area (TPSA) is 30.9 Å². The molecule has 0 spiro atoms. The lowest BCUT2D eigenvalue weighted by molar-refractivity contribution is 0.174. The third kappa shape index (κ3) is 2.71. The smallest absolute Gasteiger partial charge is 0.231 e. The fourth-order valence-electron chi connectivity index (χ4n) is 3.83. The lowest BCUT2D eigenvalue weighted by Gasteiger charge is -2.23. The molecule has 2 aliphatic heterocycles. The molecule has 4 heteroatoms. The molecule has 0 amide bonds. The van der Waals surface area contributed by atoms with Gasteiger partial charge in [-0.15, -0.1) is 0 Å². The van der Waals surface area contributed by atoms with Gasteiger partial charge >= 0.3 is 0 Å². The van der Waals surface area contributed by atoms with Crippen LogP contribution in [0.3, 0.4) is 0 Å². The van der Waals surface area contributed by atoms with Crippen molar-refractivity contribution < 1.29 is 14.2 Å². The zero-order valence-electron chi connectivity index (χ0n) is 14.2. The van der Waals surface area contributed by atoms with E-state index in [-0.39, 0.29) is 0 Å². The van der Waals surface area contributed by atoms with Gasteiger partial charge in [-0.2, -0.15) is 0 Å². The molecule has 2 aromatic rings. The number of hydrogen-bond donors (Lipinski definition) is 0. The standard InChI is InChI=1S/C20H23NO3/c1-3-21-12-16(15-6-9-19-20(11-15)24-13-23-19)10-18(21)14-4-7-17(22-2)8-5-14/h4-9,11,16,18H,3,10,12-13H2,1-2H3. The maximum atomic E-state index is 5.54. The number of rotatable bonds is 4. The molecule has 0 saturated carbocycles. The van der Waals surface area contributed by atoms with Crippen molar-refractivity contribution in [2.75, 3.05) is 27.0 Å². The first-order chi connectivity index (χ1) is 11.8. The Morgan fingerprint density at radius 1 is 1.04 bits per heavy atom. The molecule has 0 bridgehead atoms. The molecule has 2 aromatic carbocycles. The van der Waals surface area contributed by atoms with Crippen LogP contribution in [-0.4, -0.2) is 31.9 Å². The van der Waals surface area contributed by atoms with E-state index in [4.69, 9.17) is 14.2 Å². The average molecular weight is 325 g/mol. The second-order valence-electron chi connectivity index (χ2n) is 6.42. The lowest BCUT2D eigenvalue weighted by atomic mass is 9.93. The molecule has 4 rings (SSSR count). The van der Waals surface area contributed by atoms with Crippen LogP contribution in [0.15, 0.2) is 42.5 Å². The molecule has 1 fully saturated rings. The number of likely N-dealkylation sites (tertiary alicyclic amines) is 1. The van der Waals surface area contributed by atoms with Crippen molar-refractivity contribution >= 4 is 0 Å². The van der Waals surface area contributed by atoms with Gasteiger partial charge in [0.15, 0.2) is 11.5 Å². The van der Waals surface area contributed by atoms with Crippen LogP contribution in [0.25, 0.3) is 0 Å². The highest BCUT2D eigenvalue weighted by Crippen LogP contribution is 2.43. The third-order valence-corrected chi connectivity index (χ3v) is 5.18. The lowest BCUT2D eigenvalue weighted by Crippen LogP contribution is -2.23. The first-order valence-electron chi connectivity index (χ1n) is 8.56. The predicted octanol–water partition coefficient (Wildman–Crippen LogP) is 3.97. The van der Waals surface area contributed by atoms with Gasteiger partial charge in [0.2, 0.25) is 6.79 Å². The van der Waals surface area contributed by atoms with Gasteiger partial charge in [0.1, 0.15) is 5.75 Å². The Bertz CT molecular complexity index is 713. The summed E-state index contributed by atoms with van der Waals surface area (Å²) in [7, 11) is 1.71. The van der Waals surface area contributed by atoms with E-state index >= 15 is 0 Å². The molecule has 2 aliphatic rings. The number of fused-ring (bicyclic) bond motifs is 1. The van der Waals surface area contributed by atoms with Crippen molar-refractivity contribution in [3.63, 3.8) is 0 Å². The van der Waals surface area contributed by atoms with Gasteiger partial charge in [0.05, 0.1) is 7.11 Å². The molecular weight excluding hydrogens is 302 g/mol. The van der Waals surface area contributed by atoms with Crippen molar-refractivity contribution in [3.8, 4) is 17.2 Å². The van der Waals surface area contributed by atoms with Crippen LogP contribution >= 0.6 is 0 Å². The SMILES string of the molecule is CCN1CC(c2ccc3c(c2)OCO3)CC1c1ccc(OC)cc1. The molecule has 126 valence electrons. The van der Waals surface area contributed by atoms with Crippen LogP contribution in [0.1, 0.15) is 36.4 Å². The van der Waals surface area contributed by atoms with Gasteiger partial charge in [-0.1, -0.05) is 25.1 Å². The second-order valence-corrected chi connectivity index (χ2v) is 6.42. The van der Waals surface area contributed by atoms with Crippen LogP contribution in [0.5, 0.6) is 17.2 Å². The van der Waals surface area contributed by atoms with E-state index < -0.39 is 0 Å². The predicted molar refractivity (Wildman–Crippen MR) is 92.9 cm³/mol. The first-order valence-corrected chi connectivity index (χ1v) is 8.56. The van der Waals surface area contributed by atoms with E-state index in [1.807, 2.05) is 6.07 Å². The molecule has 2 unspecified atom stereocenters. The zero-order chi connectivity index (χ0) is 16.5. The summed E-state index contributed by atoms with van der Waals surface area (Å²) in [5.74, 6) is 3.16. The molecular formula is C20H23NO3. The van der Waals surface area contributed by atoms with Crippen molar-refractivity contribution in [1.82, 2.24) is 4.90 Å². The quantitative estimate of drug-likeness (QED) is 0.851. The Kier molecular flexibility index (Phi) is 4.07. The summed E-state index contributed by atoms with van der Waals surface area (Å²) in [5, 5.41) is 0. The van der Waals surface area contributed by atoms with Crippen molar-refractivity contribution in [3.05, 3.63) is 53.6 Å². The molecule has 0 radical (unpaired) electrons. The van der Waals surface area contributed by atoms with Gasteiger partial charge in [-0.3, -0.25) is 4.90 Å². The number of nitrogens with zero attached hydrogens (tertiary/aromatic N) is 1.